The molecule has 0 saturated heterocycles. The Labute approximate surface area is 131 Å². The standard InChI is InChI=1S/C16H34O2SSi/c1-7-9-10-11-12-13-15(18-20(4,5)6)14(3)16(17)19-8-2/h14-15H,7-13H2,1-6H3/t14-,15+/m0/s1. The quantitative estimate of drug-likeness (QED) is 0.372. The van der Waals surface area contributed by atoms with Crippen LogP contribution < -0.4 is 0 Å². The summed E-state index contributed by atoms with van der Waals surface area (Å²) in [5, 5.41) is 0.296. The topological polar surface area (TPSA) is 26.3 Å². The van der Waals surface area contributed by atoms with Gasteiger partial charge in [-0.1, -0.05) is 64.6 Å². The molecular weight excluding hydrogens is 284 g/mol. The Hall–Kier alpha value is 0.197. The van der Waals surface area contributed by atoms with Crippen molar-refractivity contribution in [3.63, 3.8) is 0 Å². The van der Waals surface area contributed by atoms with Gasteiger partial charge in [-0.05, 0) is 31.8 Å². The monoisotopic (exact) mass is 318 g/mol. The summed E-state index contributed by atoms with van der Waals surface area (Å²) in [5.41, 5.74) is 0. The first-order chi connectivity index (χ1) is 9.31. The molecule has 0 rings (SSSR count). The molecule has 0 spiro atoms. The Balaban J connectivity index is 4.37. The van der Waals surface area contributed by atoms with E-state index >= 15 is 0 Å². The maximum absolute atomic E-state index is 12.1. The first-order valence-corrected chi connectivity index (χ1v) is 12.6. The largest absolute Gasteiger partial charge is 0.414 e. The Morgan fingerprint density at radius 2 is 1.70 bits per heavy atom. The Morgan fingerprint density at radius 1 is 1.10 bits per heavy atom. The molecule has 0 N–H and O–H groups in total. The van der Waals surface area contributed by atoms with Crippen molar-refractivity contribution in [1.82, 2.24) is 0 Å². The van der Waals surface area contributed by atoms with Crippen molar-refractivity contribution >= 4 is 25.2 Å². The molecule has 0 aromatic rings. The van der Waals surface area contributed by atoms with Gasteiger partial charge < -0.3 is 4.43 Å². The first-order valence-electron chi connectivity index (χ1n) is 8.16. The summed E-state index contributed by atoms with van der Waals surface area (Å²) in [6.45, 7) is 12.9. The zero-order valence-electron chi connectivity index (χ0n) is 14.3. The van der Waals surface area contributed by atoms with Crippen molar-refractivity contribution in [1.29, 1.82) is 0 Å². The maximum Gasteiger partial charge on any atom is 0.194 e. The van der Waals surface area contributed by atoms with Gasteiger partial charge in [-0.15, -0.1) is 0 Å². The van der Waals surface area contributed by atoms with Gasteiger partial charge in [-0.25, -0.2) is 0 Å². The van der Waals surface area contributed by atoms with E-state index in [2.05, 4.69) is 26.6 Å². The predicted molar refractivity (Wildman–Crippen MR) is 93.9 cm³/mol. The summed E-state index contributed by atoms with van der Waals surface area (Å²) < 4.78 is 6.28. The smallest absolute Gasteiger partial charge is 0.194 e. The Bertz CT molecular complexity index is 264. The van der Waals surface area contributed by atoms with Crippen LogP contribution in [0.25, 0.3) is 0 Å². The molecule has 0 amide bonds. The van der Waals surface area contributed by atoms with Crippen molar-refractivity contribution in [3.05, 3.63) is 0 Å². The van der Waals surface area contributed by atoms with E-state index in [1.54, 1.807) is 0 Å². The predicted octanol–water partition coefficient (Wildman–Crippen LogP) is 5.48. The average Bonchev–Trinajstić information content (AvgIpc) is 2.35. The fourth-order valence-corrected chi connectivity index (χ4v) is 4.17. The number of hydrogen-bond donors (Lipinski definition) is 0. The van der Waals surface area contributed by atoms with Crippen LogP contribution in [0.15, 0.2) is 0 Å². The summed E-state index contributed by atoms with van der Waals surface area (Å²) in [4.78, 5) is 12.1. The van der Waals surface area contributed by atoms with E-state index in [0.717, 1.165) is 12.2 Å². The highest BCUT2D eigenvalue weighted by atomic mass is 32.2. The van der Waals surface area contributed by atoms with E-state index in [0.29, 0.717) is 5.12 Å². The van der Waals surface area contributed by atoms with Crippen LogP contribution >= 0.6 is 11.8 Å². The van der Waals surface area contributed by atoms with E-state index in [1.165, 1.54) is 43.9 Å². The highest BCUT2D eigenvalue weighted by molar-refractivity contribution is 8.13. The molecule has 4 heteroatoms. The molecule has 0 aliphatic rings. The van der Waals surface area contributed by atoms with Crippen molar-refractivity contribution in [2.75, 3.05) is 5.75 Å². The summed E-state index contributed by atoms with van der Waals surface area (Å²) in [7, 11) is -1.59. The van der Waals surface area contributed by atoms with E-state index in [-0.39, 0.29) is 12.0 Å². The number of unbranched alkanes of at least 4 members (excludes halogenated alkanes) is 4. The zero-order chi connectivity index (χ0) is 15.6. The fraction of sp³-hybridized carbons (Fsp3) is 0.938. The highest BCUT2D eigenvalue weighted by Gasteiger charge is 2.29. The van der Waals surface area contributed by atoms with E-state index in [1.807, 2.05) is 13.8 Å². The summed E-state index contributed by atoms with van der Waals surface area (Å²) >= 11 is 1.44. The van der Waals surface area contributed by atoms with Crippen LogP contribution in [0, 0.1) is 5.92 Å². The van der Waals surface area contributed by atoms with Gasteiger partial charge in [0, 0.05) is 0 Å². The molecule has 0 fully saturated rings. The number of carbonyl (C=O) groups is 1. The van der Waals surface area contributed by atoms with Crippen molar-refractivity contribution in [3.8, 4) is 0 Å². The van der Waals surface area contributed by atoms with Crippen molar-refractivity contribution < 1.29 is 9.22 Å². The molecule has 120 valence electrons. The molecular formula is C16H34O2SSi. The second-order valence-electron chi connectivity index (χ2n) is 6.51. The van der Waals surface area contributed by atoms with Crippen LogP contribution in [0.4, 0.5) is 0 Å². The normalized spacial score (nSPS) is 15.1. The third kappa shape index (κ3) is 10.0. The molecule has 0 unspecified atom stereocenters. The number of hydrogen-bond acceptors (Lipinski definition) is 3. The van der Waals surface area contributed by atoms with Gasteiger partial charge in [0.25, 0.3) is 0 Å². The number of thioether (sulfide) groups is 1. The van der Waals surface area contributed by atoms with E-state index < -0.39 is 8.32 Å². The van der Waals surface area contributed by atoms with E-state index in [9.17, 15) is 4.79 Å². The minimum Gasteiger partial charge on any atom is -0.414 e. The van der Waals surface area contributed by atoms with Crippen molar-refractivity contribution in [2.24, 2.45) is 5.92 Å². The molecule has 0 aromatic heterocycles. The molecule has 20 heavy (non-hydrogen) atoms. The lowest BCUT2D eigenvalue weighted by Gasteiger charge is -2.30. The van der Waals surface area contributed by atoms with Crippen LogP contribution in [0.5, 0.6) is 0 Å². The summed E-state index contributed by atoms with van der Waals surface area (Å²) in [6.07, 6.45) is 7.50. The van der Waals surface area contributed by atoms with Gasteiger partial charge in [-0.3, -0.25) is 4.79 Å². The maximum atomic E-state index is 12.1. The minimum absolute atomic E-state index is 0.0258. The summed E-state index contributed by atoms with van der Waals surface area (Å²) in [6, 6.07) is 0. The van der Waals surface area contributed by atoms with Crippen LogP contribution in [0.1, 0.15) is 59.3 Å². The van der Waals surface area contributed by atoms with Crippen LogP contribution in [-0.2, 0) is 9.22 Å². The van der Waals surface area contributed by atoms with Gasteiger partial charge in [0.05, 0.1) is 12.0 Å². The number of rotatable bonds is 11. The summed E-state index contributed by atoms with van der Waals surface area (Å²) in [5.74, 6) is 0.886. The molecule has 0 aromatic carbocycles. The second kappa shape index (κ2) is 10.9. The van der Waals surface area contributed by atoms with Gasteiger partial charge in [0.1, 0.15) is 0 Å². The third-order valence-corrected chi connectivity index (χ3v) is 5.27. The van der Waals surface area contributed by atoms with Crippen LogP contribution in [-0.4, -0.2) is 25.3 Å². The lowest BCUT2D eigenvalue weighted by Crippen LogP contribution is -2.37. The number of carbonyl (C=O) groups excluding carboxylic acids is 1. The molecule has 0 aliphatic heterocycles. The van der Waals surface area contributed by atoms with Gasteiger partial charge in [0.15, 0.2) is 13.4 Å². The van der Waals surface area contributed by atoms with Crippen LogP contribution in [0.3, 0.4) is 0 Å². The second-order valence-corrected chi connectivity index (χ2v) is 12.2. The van der Waals surface area contributed by atoms with Crippen LogP contribution in [0.2, 0.25) is 19.6 Å². The van der Waals surface area contributed by atoms with Gasteiger partial charge in [0.2, 0.25) is 0 Å². The third-order valence-electron chi connectivity index (χ3n) is 3.31. The Kier molecular flexibility index (Phi) is 11.0. The van der Waals surface area contributed by atoms with Crippen molar-refractivity contribution in [2.45, 2.75) is 85.0 Å². The SMILES string of the molecule is CCCCCCC[C@@H](O[Si](C)(C)C)[C@H](C)C(=O)SCC. The highest BCUT2D eigenvalue weighted by Crippen LogP contribution is 2.24. The lowest BCUT2D eigenvalue weighted by atomic mass is 9.99. The molecule has 0 heterocycles. The van der Waals surface area contributed by atoms with Gasteiger partial charge >= 0.3 is 0 Å². The molecule has 0 radical (unpaired) electrons. The van der Waals surface area contributed by atoms with Gasteiger partial charge in [-0.2, -0.15) is 0 Å². The van der Waals surface area contributed by atoms with E-state index in [4.69, 9.17) is 4.43 Å². The Morgan fingerprint density at radius 3 is 2.20 bits per heavy atom. The molecule has 2 atom stereocenters. The zero-order valence-corrected chi connectivity index (χ0v) is 16.1. The molecule has 0 bridgehead atoms. The first kappa shape index (κ1) is 20.2. The molecule has 2 nitrogen and oxygen atoms in total. The molecule has 0 saturated carbocycles. The minimum atomic E-state index is -1.59. The fourth-order valence-electron chi connectivity index (χ4n) is 2.24. The molecule has 0 aliphatic carbocycles. The average molecular weight is 319 g/mol. The lowest BCUT2D eigenvalue weighted by molar-refractivity contribution is -0.116.